The lowest BCUT2D eigenvalue weighted by atomic mass is 10.1. The Hall–Kier alpha value is -1.73. The molecule has 21 heavy (non-hydrogen) atoms. The molecule has 7 heteroatoms. The van der Waals surface area contributed by atoms with E-state index < -0.39 is 0 Å². The lowest BCUT2D eigenvalue weighted by molar-refractivity contribution is 0.419. The summed E-state index contributed by atoms with van der Waals surface area (Å²) in [5.41, 5.74) is 0.954. The molecule has 0 spiro atoms. The van der Waals surface area contributed by atoms with Gasteiger partial charge in [0.05, 0.1) is 0 Å². The van der Waals surface area contributed by atoms with Crippen LogP contribution in [0.5, 0.6) is 0 Å². The van der Waals surface area contributed by atoms with Gasteiger partial charge in [0.1, 0.15) is 5.01 Å². The maximum absolute atomic E-state index is 11.8. The second kappa shape index (κ2) is 6.36. The molecule has 3 rings (SSSR count). The molecule has 1 aliphatic heterocycles. The first-order chi connectivity index (χ1) is 10.2. The van der Waals surface area contributed by atoms with E-state index in [9.17, 15) is 4.79 Å². The van der Waals surface area contributed by atoms with Crippen LogP contribution in [0.3, 0.4) is 0 Å². The zero-order chi connectivity index (χ0) is 14.7. The lowest BCUT2D eigenvalue weighted by Crippen LogP contribution is -2.47. The number of nitrogens with zero attached hydrogens (tertiary/aromatic N) is 3. The summed E-state index contributed by atoms with van der Waals surface area (Å²) in [5.74, 6) is 0.522. The van der Waals surface area contributed by atoms with Gasteiger partial charge in [0.25, 0.3) is 5.56 Å². The van der Waals surface area contributed by atoms with E-state index in [-0.39, 0.29) is 5.56 Å². The van der Waals surface area contributed by atoms with E-state index in [2.05, 4.69) is 30.5 Å². The molecule has 2 aromatic heterocycles. The molecule has 0 aromatic carbocycles. The number of hydrogen-bond donors (Lipinski definition) is 2. The predicted octanol–water partition coefficient (Wildman–Crippen LogP) is 1.29. The SMILES string of the molecule is Cc1csc(CN[C@H]2CCCN(c3ncc[nH]c3=O)C2)n1. The number of aryl methyl sites for hydroxylation is 1. The highest BCUT2D eigenvalue weighted by Gasteiger charge is 2.22. The van der Waals surface area contributed by atoms with Crippen molar-refractivity contribution in [1.82, 2.24) is 20.3 Å². The van der Waals surface area contributed by atoms with Gasteiger partial charge < -0.3 is 15.2 Å². The van der Waals surface area contributed by atoms with Gasteiger partial charge in [-0.1, -0.05) is 0 Å². The predicted molar refractivity (Wildman–Crippen MR) is 83.8 cm³/mol. The molecule has 0 aliphatic carbocycles. The number of hydrogen-bond acceptors (Lipinski definition) is 6. The van der Waals surface area contributed by atoms with Crippen LogP contribution in [0.4, 0.5) is 5.82 Å². The van der Waals surface area contributed by atoms with Gasteiger partial charge in [0.2, 0.25) is 0 Å². The minimum absolute atomic E-state index is 0.117. The Labute approximate surface area is 127 Å². The Morgan fingerprint density at radius 2 is 2.48 bits per heavy atom. The Kier molecular flexibility index (Phi) is 4.31. The summed E-state index contributed by atoms with van der Waals surface area (Å²) >= 11 is 1.68. The summed E-state index contributed by atoms with van der Waals surface area (Å²) in [6.07, 6.45) is 5.37. The molecule has 2 aromatic rings. The molecule has 112 valence electrons. The van der Waals surface area contributed by atoms with E-state index >= 15 is 0 Å². The van der Waals surface area contributed by atoms with Crippen molar-refractivity contribution >= 4 is 17.2 Å². The van der Waals surface area contributed by atoms with E-state index in [1.165, 1.54) is 0 Å². The zero-order valence-electron chi connectivity index (χ0n) is 12.0. The Balaban J connectivity index is 1.61. The topological polar surface area (TPSA) is 73.9 Å². The van der Waals surface area contributed by atoms with Gasteiger partial charge in [-0.3, -0.25) is 4.79 Å². The fourth-order valence-electron chi connectivity index (χ4n) is 2.62. The molecule has 1 atom stereocenters. The fraction of sp³-hybridized carbons (Fsp3) is 0.500. The number of rotatable bonds is 4. The van der Waals surface area contributed by atoms with Crippen molar-refractivity contribution in [2.24, 2.45) is 0 Å². The molecule has 2 N–H and O–H groups in total. The van der Waals surface area contributed by atoms with E-state index in [1.807, 2.05) is 6.92 Å². The van der Waals surface area contributed by atoms with E-state index in [1.54, 1.807) is 23.7 Å². The summed E-state index contributed by atoms with van der Waals surface area (Å²) in [7, 11) is 0. The highest BCUT2D eigenvalue weighted by molar-refractivity contribution is 7.09. The van der Waals surface area contributed by atoms with E-state index in [0.717, 1.165) is 43.2 Å². The molecule has 1 fully saturated rings. The molecule has 1 aliphatic rings. The second-order valence-corrected chi connectivity index (χ2v) is 6.23. The minimum atomic E-state index is -0.117. The number of thiazole rings is 1. The molecule has 6 nitrogen and oxygen atoms in total. The number of nitrogens with one attached hydrogen (secondary N) is 2. The largest absolute Gasteiger partial charge is 0.350 e. The number of aromatic nitrogens is 3. The molecule has 0 saturated carbocycles. The highest BCUT2D eigenvalue weighted by Crippen LogP contribution is 2.15. The number of H-pyrrole nitrogens is 1. The summed E-state index contributed by atoms with van der Waals surface area (Å²) < 4.78 is 0. The Morgan fingerprint density at radius 1 is 1.57 bits per heavy atom. The maximum Gasteiger partial charge on any atom is 0.290 e. The third-order valence-corrected chi connectivity index (χ3v) is 4.58. The van der Waals surface area contributed by atoms with E-state index in [0.29, 0.717) is 11.9 Å². The van der Waals surface area contributed by atoms with Crippen LogP contribution in [-0.4, -0.2) is 34.1 Å². The first-order valence-electron chi connectivity index (χ1n) is 7.15. The van der Waals surface area contributed by atoms with Gasteiger partial charge in [-0.2, -0.15) is 0 Å². The van der Waals surface area contributed by atoms with Gasteiger partial charge in [-0.05, 0) is 19.8 Å². The van der Waals surface area contributed by atoms with Crippen molar-refractivity contribution in [3.05, 3.63) is 38.8 Å². The normalized spacial score (nSPS) is 18.9. The smallest absolute Gasteiger partial charge is 0.290 e. The second-order valence-electron chi connectivity index (χ2n) is 5.29. The van der Waals surface area contributed by atoms with Crippen LogP contribution in [0.15, 0.2) is 22.6 Å². The molecule has 3 heterocycles. The van der Waals surface area contributed by atoms with Crippen LogP contribution >= 0.6 is 11.3 Å². The Bertz CT molecular complexity index is 653. The monoisotopic (exact) mass is 305 g/mol. The standard InChI is InChI=1S/C14H19N5OS/c1-10-9-21-12(18-10)7-17-11-3-2-6-19(8-11)13-14(20)16-5-4-15-13/h4-5,9,11,17H,2-3,6-8H2,1H3,(H,16,20)/t11-/m0/s1. The average Bonchev–Trinajstić information content (AvgIpc) is 2.92. The first-order valence-corrected chi connectivity index (χ1v) is 8.03. The van der Waals surface area contributed by atoms with Crippen LogP contribution in [0.1, 0.15) is 23.5 Å². The quantitative estimate of drug-likeness (QED) is 0.890. The average molecular weight is 305 g/mol. The van der Waals surface area contributed by atoms with Gasteiger partial charge >= 0.3 is 0 Å². The lowest BCUT2D eigenvalue weighted by Gasteiger charge is -2.33. The van der Waals surface area contributed by atoms with Gasteiger partial charge in [0, 0.05) is 49.1 Å². The molecular weight excluding hydrogens is 286 g/mol. The first kappa shape index (κ1) is 14.2. The number of aromatic amines is 1. The van der Waals surface area contributed by atoms with Crippen molar-refractivity contribution < 1.29 is 0 Å². The van der Waals surface area contributed by atoms with Crippen molar-refractivity contribution in [2.75, 3.05) is 18.0 Å². The van der Waals surface area contributed by atoms with E-state index in [4.69, 9.17) is 0 Å². The van der Waals surface area contributed by atoms with Crippen LogP contribution in [0, 0.1) is 6.92 Å². The third kappa shape index (κ3) is 3.48. The van der Waals surface area contributed by atoms with Gasteiger partial charge in [0.15, 0.2) is 5.82 Å². The van der Waals surface area contributed by atoms with Crippen LogP contribution in [-0.2, 0) is 6.54 Å². The number of anilines is 1. The zero-order valence-corrected chi connectivity index (χ0v) is 12.8. The summed E-state index contributed by atoms with van der Waals surface area (Å²) in [6.45, 7) is 4.49. The molecule has 1 saturated heterocycles. The van der Waals surface area contributed by atoms with Crippen LogP contribution < -0.4 is 15.8 Å². The fourth-order valence-corrected chi connectivity index (χ4v) is 3.34. The maximum atomic E-state index is 11.8. The van der Waals surface area contributed by atoms with Crippen molar-refractivity contribution in [3.8, 4) is 0 Å². The van der Waals surface area contributed by atoms with Crippen LogP contribution in [0.25, 0.3) is 0 Å². The van der Waals surface area contributed by atoms with Crippen molar-refractivity contribution in [2.45, 2.75) is 32.4 Å². The molecular formula is C14H19N5OS. The summed E-state index contributed by atoms with van der Waals surface area (Å²) in [6, 6.07) is 0.365. The summed E-state index contributed by atoms with van der Waals surface area (Å²) in [4.78, 5) is 25.2. The summed E-state index contributed by atoms with van der Waals surface area (Å²) in [5, 5.41) is 6.72. The number of piperidine rings is 1. The molecule has 0 amide bonds. The molecule has 0 bridgehead atoms. The van der Waals surface area contributed by atoms with Gasteiger partial charge in [-0.25, -0.2) is 9.97 Å². The van der Waals surface area contributed by atoms with Gasteiger partial charge in [-0.15, -0.1) is 11.3 Å². The molecule has 0 unspecified atom stereocenters. The Morgan fingerprint density at radius 3 is 3.24 bits per heavy atom. The molecule has 0 radical (unpaired) electrons. The van der Waals surface area contributed by atoms with Crippen molar-refractivity contribution in [1.29, 1.82) is 0 Å². The third-order valence-electron chi connectivity index (χ3n) is 3.62. The minimum Gasteiger partial charge on any atom is -0.350 e. The van der Waals surface area contributed by atoms with Crippen molar-refractivity contribution in [3.63, 3.8) is 0 Å². The highest BCUT2D eigenvalue weighted by atomic mass is 32.1. The van der Waals surface area contributed by atoms with Crippen LogP contribution in [0.2, 0.25) is 0 Å².